The summed E-state index contributed by atoms with van der Waals surface area (Å²) in [5, 5.41) is 0.444. The van der Waals surface area contributed by atoms with Crippen LogP contribution in [0.25, 0.3) is 0 Å². The lowest BCUT2D eigenvalue weighted by atomic mass is 9.38. The fourth-order valence-corrected chi connectivity index (χ4v) is 2.10. The minimum atomic E-state index is 0.444. The van der Waals surface area contributed by atoms with E-state index in [1.807, 2.05) is 0 Å². The molecule has 0 fully saturated rings. The van der Waals surface area contributed by atoms with Crippen molar-refractivity contribution in [2.45, 2.75) is 71.9 Å². The molecule has 0 aromatic rings. The SMILES string of the molecule is BC(B)(C(C)C)C(C)(C)CCCCCC. The van der Waals surface area contributed by atoms with Crippen molar-refractivity contribution >= 4 is 15.7 Å². The third-order valence-corrected chi connectivity index (χ3v) is 4.84. The van der Waals surface area contributed by atoms with Crippen LogP contribution in [0.15, 0.2) is 0 Å². The molecule has 0 radical (unpaired) electrons. The Morgan fingerprint density at radius 3 is 1.93 bits per heavy atom. The van der Waals surface area contributed by atoms with Gasteiger partial charge in [0.2, 0.25) is 0 Å². The molecule has 0 amide bonds. The zero-order valence-corrected chi connectivity index (χ0v) is 12.1. The second kappa shape index (κ2) is 6.01. The van der Waals surface area contributed by atoms with Crippen molar-refractivity contribution in [2.24, 2.45) is 11.3 Å². The molecule has 0 saturated heterocycles. The fraction of sp³-hybridized carbons (Fsp3) is 1.00. The third kappa shape index (κ3) is 4.25. The molecule has 0 N–H and O–H groups in total. The number of hydrogen-bond acceptors (Lipinski definition) is 0. The molecule has 0 unspecified atom stereocenters. The third-order valence-electron chi connectivity index (χ3n) is 4.84. The van der Waals surface area contributed by atoms with E-state index in [0.29, 0.717) is 10.6 Å². The molecule has 0 aromatic carbocycles. The van der Waals surface area contributed by atoms with Gasteiger partial charge in [-0.15, -0.1) is 0 Å². The highest BCUT2D eigenvalue weighted by Crippen LogP contribution is 2.48. The maximum atomic E-state index is 2.44. The molecular weight excluding hydrogens is 178 g/mol. The molecule has 88 valence electrons. The van der Waals surface area contributed by atoms with Crippen LogP contribution in [0.5, 0.6) is 0 Å². The van der Waals surface area contributed by atoms with Crippen LogP contribution in [0.3, 0.4) is 0 Å². The second-order valence-electron chi connectivity index (χ2n) is 6.57. The highest BCUT2D eigenvalue weighted by Gasteiger charge is 2.38. The molecule has 0 nitrogen and oxygen atoms in total. The van der Waals surface area contributed by atoms with Crippen LogP contribution >= 0.6 is 0 Å². The van der Waals surface area contributed by atoms with E-state index < -0.39 is 0 Å². The van der Waals surface area contributed by atoms with Crippen LogP contribution in [0.1, 0.15) is 66.7 Å². The molecule has 0 aliphatic heterocycles. The molecule has 0 spiro atoms. The lowest BCUT2D eigenvalue weighted by molar-refractivity contribution is 0.226. The summed E-state index contributed by atoms with van der Waals surface area (Å²) in [6.45, 7) is 11.9. The molecule has 0 aliphatic carbocycles. The van der Waals surface area contributed by atoms with Crippen LogP contribution in [-0.4, -0.2) is 15.7 Å². The lowest BCUT2D eigenvalue weighted by Gasteiger charge is -2.45. The number of hydrogen-bond donors (Lipinski definition) is 0. The van der Waals surface area contributed by atoms with Gasteiger partial charge in [-0.25, -0.2) is 0 Å². The monoisotopic (exact) mass is 208 g/mol. The zero-order chi connectivity index (χ0) is 12.1. The predicted octanol–water partition coefficient (Wildman–Crippen LogP) is 3.02. The van der Waals surface area contributed by atoms with Gasteiger partial charge in [0.25, 0.3) is 0 Å². The van der Waals surface area contributed by atoms with Crippen molar-refractivity contribution in [3.05, 3.63) is 0 Å². The molecule has 0 heterocycles. The molecule has 0 atom stereocenters. The first kappa shape index (κ1) is 15.1. The van der Waals surface area contributed by atoms with Gasteiger partial charge < -0.3 is 0 Å². The summed E-state index contributed by atoms with van der Waals surface area (Å²) in [5.74, 6) is 0.763. The van der Waals surface area contributed by atoms with Crippen LogP contribution in [0.2, 0.25) is 5.21 Å². The van der Waals surface area contributed by atoms with Crippen molar-refractivity contribution in [3.63, 3.8) is 0 Å². The number of unbranched alkanes of at least 4 members (excludes halogenated alkanes) is 3. The molecular formula is C13H30B2. The highest BCUT2D eigenvalue weighted by molar-refractivity contribution is 6.40. The summed E-state index contributed by atoms with van der Waals surface area (Å²) >= 11 is 0. The van der Waals surface area contributed by atoms with E-state index in [2.05, 4.69) is 50.3 Å². The fourth-order valence-electron chi connectivity index (χ4n) is 2.10. The van der Waals surface area contributed by atoms with Crippen LogP contribution in [-0.2, 0) is 0 Å². The van der Waals surface area contributed by atoms with E-state index in [0.717, 1.165) is 5.92 Å². The Bertz CT molecular complexity index is 171. The quantitative estimate of drug-likeness (QED) is 0.445. The first-order valence-corrected chi connectivity index (χ1v) is 6.75. The highest BCUT2D eigenvalue weighted by atomic mass is 14.4. The van der Waals surface area contributed by atoms with Gasteiger partial charge in [0, 0.05) is 0 Å². The summed E-state index contributed by atoms with van der Waals surface area (Å²) in [4.78, 5) is 0. The standard InChI is InChI=1S/C13H30B2/c1-6-7-8-9-10-12(4,5)13(14,15)11(2)3/h11H,6-10,14-15H2,1-5H3. The number of rotatable bonds is 7. The van der Waals surface area contributed by atoms with E-state index in [4.69, 9.17) is 0 Å². The Morgan fingerprint density at radius 1 is 1.00 bits per heavy atom. The first-order chi connectivity index (χ1) is 6.75. The summed E-state index contributed by atoms with van der Waals surface area (Å²) in [6, 6.07) is 0. The maximum absolute atomic E-state index is 2.44. The van der Waals surface area contributed by atoms with E-state index >= 15 is 0 Å². The molecule has 0 rings (SSSR count). The van der Waals surface area contributed by atoms with Gasteiger partial charge in [0.15, 0.2) is 0 Å². The van der Waals surface area contributed by atoms with Crippen molar-refractivity contribution in [2.75, 3.05) is 0 Å². The van der Waals surface area contributed by atoms with Crippen LogP contribution in [0.4, 0.5) is 0 Å². The normalized spacial score (nSPS) is 13.5. The van der Waals surface area contributed by atoms with Gasteiger partial charge in [-0.05, 0) is 11.8 Å². The van der Waals surface area contributed by atoms with E-state index in [1.54, 1.807) is 0 Å². The second-order valence-corrected chi connectivity index (χ2v) is 6.57. The molecule has 2 heteroatoms. The predicted molar refractivity (Wildman–Crippen MR) is 77.2 cm³/mol. The van der Waals surface area contributed by atoms with Gasteiger partial charge in [0.1, 0.15) is 15.7 Å². The Balaban J connectivity index is 4.16. The average Bonchev–Trinajstić information content (AvgIpc) is 2.12. The van der Waals surface area contributed by atoms with Gasteiger partial charge in [0.05, 0.1) is 0 Å². The summed E-state index contributed by atoms with van der Waals surface area (Å²) in [5.41, 5.74) is 0.467. The largest absolute Gasteiger partial charge is 0.100 e. The molecule has 0 aliphatic rings. The molecule has 0 aromatic heterocycles. The Hall–Kier alpha value is 0.130. The molecule has 15 heavy (non-hydrogen) atoms. The van der Waals surface area contributed by atoms with Gasteiger partial charge in [-0.2, -0.15) is 0 Å². The van der Waals surface area contributed by atoms with Crippen molar-refractivity contribution in [1.29, 1.82) is 0 Å². The maximum Gasteiger partial charge on any atom is 0.100 e. The van der Waals surface area contributed by atoms with Gasteiger partial charge >= 0.3 is 0 Å². The summed E-state index contributed by atoms with van der Waals surface area (Å²) in [6.07, 6.45) is 6.93. The minimum Gasteiger partial charge on any atom is -0.0774 e. The van der Waals surface area contributed by atoms with Gasteiger partial charge in [-0.3, -0.25) is 0 Å². The Kier molecular flexibility index (Phi) is 6.06. The molecule has 0 saturated carbocycles. The van der Waals surface area contributed by atoms with E-state index in [-0.39, 0.29) is 0 Å². The Labute approximate surface area is 99.4 Å². The average molecular weight is 208 g/mol. The van der Waals surface area contributed by atoms with Crippen molar-refractivity contribution in [1.82, 2.24) is 0 Å². The first-order valence-electron chi connectivity index (χ1n) is 6.75. The Morgan fingerprint density at radius 2 is 1.53 bits per heavy atom. The zero-order valence-electron chi connectivity index (χ0n) is 12.1. The van der Waals surface area contributed by atoms with Crippen molar-refractivity contribution < 1.29 is 0 Å². The van der Waals surface area contributed by atoms with Crippen LogP contribution in [0, 0.1) is 11.3 Å². The molecule has 0 bridgehead atoms. The van der Waals surface area contributed by atoms with E-state index in [9.17, 15) is 0 Å². The minimum absolute atomic E-state index is 0.444. The van der Waals surface area contributed by atoms with E-state index in [1.165, 1.54) is 32.1 Å². The summed E-state index contributed by atoms with van der Waals surface area (Å²) < 4.78 is 0. The van der Waals surface area contributed by atoms with Crippen molar-refractivity contribution in [3.8, 4) is 0 Å². The van der Waals surface area contributed by atoms with Gasteiger partial charge in [-0.1, -0.05) is 71.4 Å². The smallest absolute Gasteiger partial charge is 0.0774 e. The lowest BCUT2D eigenvalue weighted by Crippen LogP contribution is -2.36. The summed E-state index contributed by atoms with van der Waals surface area (Å²) in [7, 11) is 4.86. The topological polar surface area (TPSA) is 0 Å². The van der Waals surface area contributed by atoms with Crippen LogP contribution < -0.4 is 0 Å².